The van der Waals surface area contributed by atoms with Crippen molar-refractivity contribution in [2.45, 2.75) is 38.1 Å². The number of hydrogen-bond donors (Lipinski definition) is 2. The molecule has 2 heteroatoms. The number of rotatable bonds is 2. The molecule has 0 saturated heterocycles. The molecule has 0 radical (unpaired) electrons. The third-order valence-electron chi connectivity index (χ3n) is 1.96. The highest BCUT2D eigenvalue weighted by Gasteiger charge is 2.11. The first-order chi connectivity index (χ1) is 4.43. The number of nitrogens with one attached hydrogen (secondary N) is 1. The molecular weight excluding hydrogens is 112 g/mol. The van der Waals surface area contributed by atoms with E-state index in [1.807, 2.05) is 5.43 Å². The van der Waals surface area contributed by atoms with Gasteiger partial charge in [0.25, 0.3) is 0 Å². The maximum atomic E-state index is 3.64. The Morgan fingerprint density at radius 3 is 2.56 bits per heavy atom. The van der Waals surface area contributed by atoms with Crippen molar-refractivity contribution < 1.29 is 6.85 Å². The summed E-state index contributed by atoms with van der Waals surface area (Å²) in [5.41, 5.74) is 5.06. The molecule has 1 rings (SSSR count). The molecule has 9 heavy (non-hydrogen) atoms. The summed E-state index contributed by atoms with van der Waals surface area (Å²) in [5.74, 6) is 0. The molecule has 0 bridgehead atoms. The topological polar surface area (TPSA) is 28.6 Å². The van der Waals surface area contributed by atoms with E-state index < -0.39 is 0 Å². The minimum Gasteiger partial charge on any atom is -0.399 e. The minimum atomic E-state index is 0. The molecule has 56 valence electrons. The van der Waals surface area contributed by atoms with Crippen molar-refractivity contribution in [2.24, 2.45) is 0 Å². The lowest BCUT2D eigenvalue weighted by atomic mass is 9.96. The largest absolute Gasteiger partial charge is 0.399 e. The van der Waals surface area contributed by atoms with Crippen molar-refractivity contribution in [3.8, 4) is 0 Å². The summed E-state index contributed by atoms with van der Waals surface area (Å²) in [6, 6.07) is 0.733. The fourth-order valence-corrected chi connectivity index (χ4v) is 1.44. The Kier molecular flexibility index (Phi) is 3.01. The van der Waals surface area contributed by atoms with Crippen LogP contribution in [0.5, 0.6) is 0 Å². The zero-order chi connectivity index (χ0) is 6.53. The van der Waals surface area contributed by atoms with Crippen molar-refractivity contribution in [3.05, 3.63) is 7.05 Å². The molecule has 0 aromatic heterocycles. The lowest BCUT2D eigenvalue weighted by molar-refractivity contribution is -0.662. The Hall–Kier alpha value is -0.0800. The fraction of sp³-hybridized carbons (Fsp3) is 0.857. The van der Waals surface area contributed by atoms with Gasteiger partial charge in [0.05, 0.1) is 6.04 Å². The van der Waals surface area contributed by atoms with Gasteiger partial charge in [0.1, 0.15) is 0 Å². The molecule has 0 heterocycles. The molecule has 2 nitrogen and oxygen atoms in total. The summed E-state index contributed by atoms with van der Waals surface area (Å²) in [4.78, 5) is 0. The highest BCUT2D eigenvalue weighted by Crippen LogP contribution is 2.15. The molecule has 1 aliphatic carbocycles. The highest BCUT2D eigenvalue weighted by atomic mass is 15.3. The Bertz CT molecular complexity index is 69.3. The monoisotopic (exact) mass is 130 g/mol. The van der Waals surface area contributed by atoms with E-state index in [1.54, 1.807) is 0 Å². The van der Waals surface area contributed by atoms with Gasteiger partial charge >= 0.3 is 0 Å². The molecule has 3 N–H and O–H groups in total. The molecule has 0 aromatic rings. The molecule has 1 aliphatic rings. The van der Waals surface area contributed by atoms with E-state index in [2.05, 4.69) is 12.5 Å². The van der Waals surface area contributed by atoms with Crippen LogP contribution in [0.2, 0.25) is 0 Å². The average molecular weight is 130 g/mol. The Balaban J connectivity index is 0.000000810. The minimum absolute atomic E-state index is 0. The molecule has 0 aromatic carbocycles. The summed E-state index contributed by atoms with van der Waals surface area (Å²) < 4.78 is 0. The van der Waals surface area contributed by atoms with Crippen molar-refractivity contribution in [1.29, 1.82) is 0 Å². The summed E-state index contributed by atoms with van der Waals surface area (Å²) in [6.45, 7) is 0. The summed E-state index contributed by atoms with van der Waals surface area (Å²) in [6.07, 6.45) is 6.89. The van der Waals surface area contributed by atoms with Crippen LogP contribution in [0.1, 0.15) is 33.5 Å². The first-order valence-electron chi connectivity index (χ1n) is 3.80. The first-order valence-corrected chi connectivity index (χ1v) is 3.80. The molecule has 1 fully saturated rings. The van der Waals surface area contributed by atoms with Gasteiger partial charge < -0.3 is 5.43 Å². The van der Waals surface area contributed by atoms with E-state index in [-0.39, 0.29) is 1.43 Å². The van der Waals surface area contributed by atoms with Crippen LogP contribution in [-0.4, -0.2) is 6.04 Å². The van der Waals surface area contributed by atoms with E-state index in [4.69, 9.17) is 0 Å². The van der Waals surface area contributed by atoms with Crippen LogP contribution in [0.3, 0.4) is 0 Å². The van der Waals surface area contributed by atoms with Gasteiger partial charge in [-0.2, -0.15) is 5.43 Å². The zero-order valence-electron chi connectivity index (χ0n) is 5.90. The fourth-order valence-electron chi connectivity index (χ4n) is 1.44. The molecule has 0 aliphatic heterocycles. The van der Waals surface area contributed by atoms with Crippen LogP contribution in [0.15, 0.2) is 0 Å². The van der Waals surface area contributed by atoms with E-state index in [9.17, 15) is 0 Å². The second-order valence-electron chi connectivity index (χ2n) is 2.71. The molecule has 0 atom stereocenters. The maximum Gasteiger partial charge on any atom is 0.0529 e. The van der Waals surface area contributed by atoms with Gasteiger partial charge in [-0.25, -0.2) is 0 Å². The Labute approximate surface area is 58.5 Å². The molecule has 0 spiro atoms. The smallest absolute Gasteiger partial charge is 0.0529 e. The molecule has 0 unspecified atom stereocenters. The number of hydrogen-bond acceptors (Lipinski definition) is 1. The summed E-state index contributed by atoms with van der Waals surface area (Å²) in [7, 11) is 3.64. The van der Waals surface area contributed by atoms with Crippen molar-refractivity contribution >= 4 is 0 Å². The third-order valence-corrected chi connectivity index (χ3v) is 1.96. The predicted molar refractivity (Wildman–Crippen MR) is 39.4 cm³/mol. The Morgan fingerprint density at radius 1 is 1.33 bits per heavy atom. The first kappa shape index (κ1) is 7.03. The van der Waals surface area contributed by atoms with Gasteiger partial charge in [-0.1, -0.05) is 19.3 Å². The van der Waals surface area contributed by atoms with Gasteiger partial charge in [-0.05, 0) is 12.8 Å². The summed E-state index contributed by atoms with van der Waals surface area (Å²) >= 11 is 0. The van der Waals surface area contributed by atoms with E-state index >= 15 is 0 Å². The predicted octanol–water partition coefficient (Wildman–Crippen LogP) is 0.425. The standard InChI is InChI=1S/C7H16N2.H2/c1-8-9-7-5-3-2-4-6-7;/h7,9H,1-6,8H2;1H. The van der Waals surface area contributed by atoms with Gasteiger partial charge in [-0.15, -0.1) is 7.05 Å². The van der Waals surface area contributed by atoms with E-state index in [0.29, 0.717) is 0 Å². The third kappa shape index (κ3) is 2.33. The van der Waals surface area contributed by atoms with Crippen molar-refractivity contribution in [1.82, 2.24) is 5.43 Å². The number of quaternary nitrogens is 1. The van der Waals surface area contributed by atoms with Crippen LogP contribution in [0, 0.1) is 7.05 Å². The number of nitrogens with two attached hydrogens (primary N) is 1. The summed E-state index contributed by atoms with van der Waals surface area (Å²) in [5, 5.41) is 0. The van der Waals surface area contributed by atoms with Crippen LogP contribution < -0.4 is 10.9 Å². The van der Waals surface area contributed by atoms with Gasteiger partial charge in [0, 0.05) is 1.43 Å². The van der Waals surface area contributed by atoms with Gasteiger partial charge in [-0.3, -0.25) is 0 Å². The molecule has 0 amide bonds. The second kappa shape index (κ2) is 3.85. The second-order valence-corrected chi connectivity index (χ2v) is 2.71. The van der Waals surface area contributed by atoms with E-state index in [0.717, 1.165) is 6.04 Å². The van der Waals surface area contributed by atoms with Crippen LogP contribution in [-0.2, 0) is 0 Å². The normalized spacial score (nSPS) is 22.3. The highest BCUT2D eigenvalue weighted by molar-refractivity contribution is 4.67. The van der Waals surface area contributed by atoms with Crippen LogP contribution in [0.4, 0.5) is 0 Å². The molecule has 1 saturated carbocycles. The van der Waals surface area contributed by atoms with Crippen LogP contribution >= 0.6 is 0 Å². The lowest BCUT2D eigenvalue weighted by Gasteiger charge is -2.21. The van der Waals surface area contributed by atoms with Crippen molar-refractivity contribution in [3.63, 3.8) is 0 Å². The van der Waals surface area contributed by atoms with Crippen LogP contribution in [0.25, 0.3) is 0 Å². The average Bonchev–Trinajstić information content (AvgIpc) is 1.91. The molecular formula is C7H18N2. The van der Waals surface area contributed by atoms with Gasteiger partial charge in [0.15, 0.2) is 0 Å². The zero-order valence-corrected chi connectivity index (χ0v) is 5.90. The van der Waals surface area contributed by atoms with Gasteiger partial charge in [0.2, 0.25) is 0 Å². The quantitative estimate of drug-likeness (QED) is 0.317. The lowest BCUT2D eigenvalue weighted by Crippen LogP contribution is -2.89. The van der Waals surface area contributed by atoms with Crippen molar-refractivity contribution in [2.75, 3.05) is 0 Å². The Morgan fingerprint density at radius 2 is 2.00 bits per heavy atom. The SMILES string of the molecule is [CH2-][NH2+]NC1CCCCC1.[HH]. The maximum absolute atomic E-state index is 3.64. The van der Waals surface area contributed by atoms with E-state index in [1.165, 1.54) is 32.1 Å².